The minimum Gasteiger partial charge on any atom is -0.306 e. The predicted molar refractivity (Wildman–Crippen MR) is 52.6 cm³/mol. The number of para-hydroxylation sites is 1. The van der Waals surface area contributed by atoms with E-state index in [0.29, 0.717) is 0 Å². The van der Waals surface area contributed by atoms with Crippen molar-refractivity contribution < 1.29 is 5.21 Å². The second kappa shape index (κ2) is 3.46. The maximum absolute atomic E-state index is 10.2. The Morgan fingerprint density at radius 1 is 1.08 bits per heavy atom. The summed E-state index contributed by atoms with van der Waals surface area (Å²) in [5.41, 5.74) is 0.990. The molecule has 0 unspecified atom stereocenters. The van der Waals surface area contributed by atoms with Crippen LogP contribution < -0.4 is 9.96 Å². The molecule has 0 saturated carbocycles. The fourth-order valence-electron chi connectivity index (χ4n) is 1.73. The molecule has 2 rings (SSSR count). The van der Waals surface area contributed by atoms with Crippen molar-refractivity contribution in [1.82, 2.24) is 9.96 Å². The number of hydrogen-bond donors (Lipinski definition) is 2. The van der Waals surface area contributed by atoms with Crippen LogP contribution in [0.5, 0.6) is 0 Å². The van der Waals surface area contributed by atoms with Gasteiger partial charge in [0.15, 0.2) is 5.69 Å². The van der Waals surface area contributed by atoms with Gasteiger partial charge in [-0.15, -0.1) is 4.65 Å². The zero-order chi connectivity index (χ0) is 9.15. The third kappa shape index (κ3) is 1.72. The summed E-state index contributed by atoms with van der Waals surface area (Å²) in [6.07, 6.45) is 0. The maximum Gasteiger partial charge on any atom is 0.165 e. The lowest BCUT2D eigenvalue weighted by molar-refractivity contribution is -0.0871. The molecule has 0 aromatic heterocycles. The van der Waals surface area contributed by atoms with Gasteiger partial charge in [0.25, 0.3) is 0 Å². The summed E-state index contributed by atoms with van der Waals surface area (Å²) >= 11 is 0. The van der Waals surface area contributed by atoms with Gasteiger partial charge in [0.05, 0.1) is 0 Å². The second-order valence-electron chi connectivity index (χ2n) is 3.46. The standard InChI is InChI=1S/C10H15N2O/c13-12(8-6-11-7-9-12)10-4-2-1-3-5-10/h1-5,11,13H,6-9H2/q+1. The Balaban J connectivity index is 2.23. The third-order valence-electron chi connectivity index (χ3n) is 2.55. The quantitative estimate of drug-likeness (QED) is 0.630. The molecule has 3 nitrogen and oxygen atoms in total. The summed E-state index contributed by atoms with van der Waals surface area (Å²) in [7, 11) is 0. The average Bonchev–Trinajstić information content (AvgIpc) is 2.20. The van der Waals surface area contributed by atoms with Crippen LogP contribution in [-0.4, -0.2) is 31.4 Å². The fraction of sp³-hybridized carbons (Fsp3) is 0.400. The highest BCUT2D eigenvalue weighted by molar-refractivity contribution is 5.40. The van der Waals surface area contributed by atoms with Gasteiger partial charge in [-0.1, -0.05) is 18.2 Å². The largest absolute Gasteiger partial charge is 0.306 e. The first-order chi connectivity index (χ1) is 6.31. The second-order valence-corrected chi connectivity index (χ2v) is 3.46. The van der Waals surface area contributed by atoms with Crippen LogP contribution in [0.2, 0.25) is 0 Å². The van der Waals surface area contributed by atoms with Crippen LogP contribution in [0.15, 0.2) is 30.3 Å². The van der Waals surface area contributed by atoms with Crippen molar-refractivity contribution in [2.24, 2.45) is 0 Å². The Hall–Kier alpha value is -0.900. The first kappa shape index (κ1) is 8.69. The molecule has 1 saturated heterocycles. The van der Waals surface area contributed by atoms with E-state index in [1.54, 1.807) is 0 Å². The Bertz CT molecular complexity index is 268. The van der Waals surface area contributed by atoms with E-state index in [1.807, 2.05) is 30.3 Å². The molecule has 1 aromatic carbocycles. The van der Waals surface area contributed by atoms with Crippen LogP contribution >= 0.6 is 0 Å². The molecule has 3 heteroatoms. The minimum atomic E-state index is 0.0772. The highest BCUT2D eigenvalue weighted by atomic mass is 16.5. The normalized spacial score (nSPS) is 21.3. The van der Waals surface area contributed by atoms with E-state index in [4.69, 9.17) is 0 Å². The number of benzene rings is 1. The number of hydrogen-bond acceptors (Lipinski definition) is 2. The summed E-state index contributed by atoms with van der Waals surface area (Å²) in [6.45, 7) is 3.27. The van der Waals surface area contributed by atoms with E-state index in [9.17, 15) is 5.21 Å². The number of nitrogens with zero attached hydrogens (tertiary/aromatic N) is 1. The van der Waals surface area contributed by atoms with E-state index in [2.05, 4.69) is 5.32 Å². The summed E-state index contributed by atoms with van der Waals surface area (Å²) in [6, 6.07) is 9.86. The zero-order valence-corrected chi connectivity index (χ0v) is 7.61. The number of hydroxylamine groups is 2. The lowest BCUT2D eigenvalue weighted by atomic mass is 10.2. The Morgan fingerprint density at radius 2 is 1.69 bits per heavy atom. The van der Waals surface area contributed by atoms with Gasteiger partial charge >= 0.3 is 0 Å². The topological polar surface area (TPSA) is 32.3 Å². The van der Waals surface area contributed by atoms with Crippen molar-refractivity contribution in [3.05, 3.63) is 30.3 Å². The van der Waals surface area contributed by atoms with Crippen LogP contribution in [0.25, 0.3) is 0 Å². The van der Waals surface area contributed by atoms with Crippen LogP contribution in [0.1, 0.15) is 0 Å². The Labute approximate surface area is 78.2 Å². The van der Waals surface area contributed by atoms with Crippen molar-refractivity contribution in [1.29, 1.82) is 0 Å². The van der Waals surface area contributed by atoms with Crippen LogP contribution in [-0.2, 0) is 0 Å². The van der Waals surface area contributed by atoms with Gasteiger partial charge in [-0.2, -0.15) is 0 Å². The van der Waals surface area contributed by atoms with Gasteiger partial charge in [-0.05, 0) is 0 Å². The van der Waals surface area contributed by atoms with Gasteiger partial charge in [0.1, 0.15) is 13.1 Å². The molecular weight excluding hydrogens is 164 g/mol. The van der Waals surface area contributed by atoms with Crippen molar-refractivity contribution >= 4 is 5.69 Å². The minimum absolute atomic E-state index is 0.0772. The Morgan fingerprint density at radius 3 is 2.31 bits per heavy atom. The smallest absolute Gasteiger partial charge is 0.165 e. The number of nitrogens with one attached hydrogen (secondary N) is 1. The molecule has 0 atom stereocenters. The molecule has 2 N–H and O–H groups in total. The monoisotopic (exact) mass is 179 g/mol. The van der Waals surface area contributed by atoms with Crippen molar-refractivity contribution in [2.45, 2.75) is 0 Å². The van der Waals surface area contributed by atoms with Gasteiger partial charge < -0.3 is 5.32 Å². The van der Waals surface area contributed by atoms with E-state index >= 15 is 0 Å². The van der Waals surface area contributed by atoms with Crippen LogP contribution in [0, 0.1) is 0 Å². The number of piperazine rings is 1. The highest BCUT2D eigenvalue weighted by Crippen LogP contribution is 2.20. The lowest BCUT2D eigenvalue weighted by Gasteiger charge is -2.33. The summed E-state index contributed by atoms with van der Waals surface area (Å²) in [4.78, 5) is 0. The molecule has 13 heavy (non-hydrogen) atoms. The number of quaternary nitrogens is 1. The molecule has 1 aromatic rings. The van der Waals surface area contributed by atoms with E-state index in [0.717, 1.165) is 31.9 Å². The van der Waals surface area contributed by atoms with E-state index < -0.39 is 0 Å². The number of rotatable bonds is 1. The third-order valence-corrected chi connectivity index (χ3v) is 2.55. The SMILES string of the molecule is O[N+]1(c2ccccc2)CCNCC1. The van der Waals surface area contributed by atoms with Crippen LogP contribution in [0.3, 0.4) is 0 Å². The molecule has 1 fully saturated rings. The molecule has 0 aliphatic carbocycles. The molecule has 1 aliphatic heterocycles. The predicted octanol–water partition coefficient (Wildman–Crippen LogP) is 0.986. The molecular formula is C10H15N2O+. The fourth-order valence-corrected chi connectivity index (χ4v) is 1.73. The Kier molecular flexibility index (Phi) is 2.31. The highest BCUT2D eigenvalue weighted by Gasteiger charge is 2.30. The molecule has 1 aliphatic rings. The molecule has 1 heterocycles. The average molecular weight is 179 g/mol. The van der Waals surface area contributed by atoms with Gasteiger partial charge in [-0.3, -0.25) is 0 Å². The molecule has 0 amide bonds. The van der Waals surface area contributed by atoms with E-state index in [-0.39, 0.29) is 4.65 Å². The molecule has 0 bridgehead atoms. The first-order valence-electron chi connectivity index (χ1n) is 4.67. The van der Waals surface area contributed by atoms with E-state index in [1.165, 1.54) is 0 Å². The zero-order valence-electron chi connectivity index (χ0n) is 7.61. The van der Waals surface area contributed by atoms with Gasteiger partial charge in [-0.25, -0.2) is 5.21 Å². The van der Waals surface area contributed by atoms with Crippen molar-refractivity contribution in [3.63, 3.8) is 0 Å². The summed E-state index contributed by atoms with van der Waals surface area (Å²) in [5, 5.41) is 13.5. The summed E-state index contributed by atoms with van der Waals surface area (Å²) in [5.74, 6) is 0. The van der Waals surface area contributed by atoms with Crippen molar-refractivity contribution in [2.75, 3.05) is 26.2 Å². The maximum atomic E-state index is 10.2. The van der Waals surface area contributed by atoms with Crippen molar-refractivity contribution in [3.8, 4) is 0 Å². The molecule has 0 radical (unpaired) electrons. The summed E-state index contributed by atoms with van der Waals surface area (Å²) < 4.78 is 0.0772. The van der Waals surface area contributed by atoms with Gasteiger partial charge in [0, 0.05) is 25.2 Å². The molecule has 0 spiro atoms. The van der Waals surface area contributed by atoms with Crippen LogP contribution in [0.4, 0.5) is 5.69 Å². The first-order valence-corrected chi connectivity index (χ1v) is 4.67. The van der Waals surface area contributed by atoms with Gasteiger partial charge in [0.2, 0.25) is 0 Å². The lowest BCUT2D eigenvalue weighted by Crippen LogP contribution is -2.57. The molecule has 70 valence electrons.